The molecule has 0 aliphatic rings. The van der Waals surface area contributed by atoms with Gasteiger partial charge in [0, 0.05) is 0 Å². The van der Waals surface area contributed by atoms with Crippen LogP contribution in [0, 0.1) is 0 Å². The Labute approximate surface area is 148 Å². The molecule has 0 rings (SSSR count). The van der Waals surface area contributed by atoms with Gasteiger partial charge in [-0.3, -0.25) is 14.6 Å². The topological polar surface area (TPSA) is 138 Å². The molecule has 0 N–H and O–H groups in total. The Morgan fingerprint density at radius 2 is 0.500 bits per heavy atom. The van der Waals surface area contributed by atoms with Gasteiger partial charge in [-0.25, -0.2) is 0 Å². The standard InChI is InChI=1S/Al.2BO3.3Na/c;2*2-1(3)4;;;/q+3;2*-3;3*+1. The predicted molar refractivity (Wildman–Crippen MR) is 17.3 cm³/mol. The Kier molecular flexibility index (Phi) is 88.1. The van der Waals surface area contributed by atoms with Crippen molar-refractivity contribution in [2.24, 2.45) is 0 Å². The van der Waals surface area contributed by atoms with Crippen LogP contribution in [0.15, 0.2) is 0 Å². The fraction of sp³-hybridized carbons (Fsp3) is 0. The number of hydrogen-bond acceptors (Lipinski definition) is 6. The van der Waals surface area contributed by atoms with Gasteiger partial charge in [-0.05, 0) is 0 Å². The third-order valence-corrected chi connectivity index (χ3v) is 0. The van der Waals surface area contributed by atoms with E-state index in [1.54, 1.807) is 0 Å². The van der Waals surface area contributed by atoms with Crippen molar-refractivity contribution in [3.8, 4) is 0 Å². The van der Waals surface area contributed by atoms with E-state index in [4.69, 9.17) is 30.1 Å². The molecule has 0 aliphatic carbocycles. The summed E-state index contributed by atoms with van der Waals surface area (Å²) < 4.78 is 0. The van der Waals surface area contributed by atoms with Crippen molar-refractivity contribution in [1.82, 2.24) is 0 Å². The van der Waals surface area contributed by atoms with E-state index in [0.29, 0.717) is 0 Å². The van der Waals surface area contributed by atoms with Gasteiger partial charge in [0.1, 0.15) is 0 Å². The third-order valence-electron chi connectivity index (χ3n) is 0. The van der Waals surface area contributed by atoms with E-state index < -0.39 is 14.6 Å². The van der Waals surface area contributed by atoms with Gasteiger partial charge in [-0.2, -0.15) is 0 Å². The first-order valence-electron chi connectivity index (χ1n) is 1.41. The average molecular weight is 214 g/mol. The second-order valence-electron chi connectivity index (χ2n) is 0.577. The zero-order valence-corrected chi connectivity index (χ0v) is 14.3. The molecule has 0 aromatic rings. The summed E-state index contributed by atoms with van der Waals surface area (Å²) in [5.41, 5.74) is 0. The summed E-state index contributed by atoms with van der Waals surface area (Å²) in [6, 6.07) is 0. The molecule has 0 spiro atoms. The van der Waals surface area contributed by atoms with Crippen LogP contribution in [-0.4, -0.2) is 32.0 Å². The summed E-state index contributed by atoms with van der Waals surface area (Å²) in [6.07, 6.45) is 0. The minimum absolute atomic E-state index is 0. The van der Waals surface area contributed by atoms with E-state index in [1.165, 1.54) is 0 Å². The first kappa shape index (κ1) is 36.1. The van der Waals surface area contributed by atoms with Gasteiger partial charge in [-0.1, -0.05) is 0 Å². The molecular weight excluding hydrogens is 214 g/mol. The first-order chi connectivity index (χ1) is 3.46. The number of hydrogen-bond donors (Lipinski definition) is 0. The molecule has 6 nitrogen and oxygen atoms in total. The SMILES string of the molecule is [Al+3].[Na+].[Na+].[Na+].[O-]B([O-])[O-].[O-]B([O-])[O-]. The molecule has 0 unspecified atom stereocenters. The van der Waals surface area contributed by atoms with Crippen molar-refractivity contribution in [1.29, 1.82) is 0 Å². The van der Waals surface area contributed by atoms with Crippen molar-refractivity contribution >= 4 is 32.0 Å². The second kappa shape index (κ2) is 29.3. The largest absolute Gasteiger partial charge is 3.00 e. The molecule has 12 heteroatoms. The zero-order valence-electron chi connectivity index (χ0n) is 7.18. The van der Waals surface area contributed by atoms with E-state index in [9.17, 15) is 0 Å². The first-order valence-corrected chi connectivity index (χ1v) is 1.41. The average Bonchev–Trinajstić information content (AvgIpc) is 1.25. The third kappa shape index (κ3) is 177. The van der Waals surface area contributed by atoms with E-state index >= 15 is 0 Å². The molecule has 0 radical (unpaired) electrons. The quantitative estimate of drug-likeness (QED) is 0.366. The summed E-state index contributed by atoms with van der Waals surface area (Å²) in [4.78, 5) is 0. The van der Waals surface area contributed by atoms with Crippen molar-refractivity contribution < 1.29 is 119 Å². The van der Waals surface area contributed by atoms with E-state index in [-0.39, 0.29) is 106 Å². The Bertz CT molecular complexity index is 36.3. The molecular formula is AlB2Na3O6. The normalized spacial score (nSPS) is 4.50. The van der Waals surface area contributed by atoms with Gasteiger partial charge in [-0.15, -0.1) is 0 Å². The Morgan fingerprint density at radius 1 is 0.500 bits per heavy atom. The summed E-state index contributed by atoms with van der Waals surface area (Å²) in [5.74, 6) is 0. The van der Waals surface area contributed by atoms with Crippen LogP contribution in [0.5, 0.6) is 0 Å². The van der Waals surface area contributed by atoms with Crippen LogP contribution in [0.1, 0.15) is 0 Å². The van der Waals surface area contributed by atoms with E-state index in [1.807, 2.05) is 0 Å². The van der Waals surface area contributed by atoms with E-state index in [0.717, 1.165) is 0 Å². The van der Waals surface area contributed by atoms with Crippen LogP contribution in [0.4, 0.5) is 0 Å². The fourth-order valence-corrected chi connectivity index (χ4v) is 0. The molecule has 0 saturated carbocycles. The Morgan fingerprint density at radius 3 is 0.500 bits per heavy atom. The molecule has 0 aromatic heterocycles. The summed E-state index contributed by atoms with van der Waals surface area (Å²) in [7, 11) is -5.83. The zero-order chi connectivity index (χ0) is 7.15. The van der Waals surface area contributed by atoms with Crippen LogP contribution in [-0.2, 0) is 0 Å². The second-order valence-corrected chi connectivity index (χ2v) is 0.577. The minimum Gasteiger partial charge on any atom is -0.907 e. The van der Waals surface area contributed by atoms with Crippen molar-refractivity contribution in [2.45, 2.75) is 0 Å². The molecule has 0 fully saturated rings. The van der Waals surface area contributed by atoms with Gasteiger partial charge < -0.3 is 30.1 Å². The molecule has 0 heterocycles. The minimum atomic E-state index is -2.92. The molecule has 0 atom stereocenters. The van der Waals surface area contributed by atoms with Gasteiger partial charge in [0.2, 0.25) is 0 Å². The van der Waals surface area contributed by atoms with Crippen LogP contribution in [0.3, 0.4) is 0 Å². The molecule has 48 valence electrons. The van der Waals surface area contributed by atoms with Crippen LogP contribution < -0.4 is 119 Å². The molecule has 0 amide bonds. The molecule has 12 heavy (non-hydrogen) atoms. The molecule has 0 bridgehead atoms. The van der Waals surface area contributed by atoms with Gasteiger partial charge in [0.05, 0.1) is 0 Å². The molecule has 0 aliphatic heterocycles. The van der Waals surface area contributed by atoms with Crippen molar-refractivity contribution in [3.05, 3.63) is 0 Å². The predicted octanol–water partition coefficient (Wildman–Crippen LogP) is -17.3. The summed E-state index contributed by atoms with van der Waals surface area (Å²) in [6.45, 7) is 0. The van der Waals surface area contributed by atoms with Crippen LogP contribution in [0.25, 0.3) is 0 Å². The molecule has 0 saturated heterocycles. The maximum atomic E-state index is 8.42. The Hall–Kier alpha value is 3.42. The monoisotopic (exact) mass is 214 g/mol. The van der Waals surface area contributed by atoms with Crippen molar-refractivity contribution in [2.75, 3.05) is 0 Å². The van der Waals surface area contributed by atoms with Crippen LogP contribution in [0.2, 0.25) is 0 Å². The number of rotatable bonds is 0. The summed E-state index contributed by atoms with van der Waals surface area (Å²) in [5, 5.41) is 50.5. The van der Waals surface area contributed by atoms with E-state index in [2.05, 4.69) is 0 Å². The molecule has 0 aromatic carbocycles. The smallest absolute Gasteiger partial charge is 0.907 e. The van der Waals surface area contributed by atoms with Gasteiger partial charge in [0.15, 0.2) is 0 Å². The Balaban J connectivity index is -0.0000000112. The van der Waals surface area contributed by atoms with Gasteiger partial charge >= 0.3 is 106 Å². The fourth-order valence-electron chi connectivity index (χ4n) is 0. The van der Waals surface area contributed by atoms with Gasteiger partial charge in [0.25, 0.3) is 0 Å². The van der Waals surface area contributed by atoms with Crippen LogP contribution >= 0.6 is 0 Å². The maximum absolute atomic E-state index is 8.42. The summed E-state index contributed by atoms with van der Waals surface area (Å²) >= 11 is 0. The van der Waals surface area contributed by atoms with Crippen molar-refractivity contribution in [3.63, 3.8) is 0 Å². The maximum Gasteiger partial charge on any atom is 3.00 e.